The molecule has 1 aliphatic carbocycles. The molecule has 6 nitrogen and oxygen atoms in total. The number of hydrogen-bond acceptors (Lipinski definition) is 5. The van der Waals surface area contributed by atoms with Crippen molar-refractivity contribution in [3.63, 3.8) is 0 Å². The molecule has 2 N–H and O–H groups in total. The van der Waals surface area contributed by atoms with Crippen LogP contribution in [0.3, 0.4) is 0 Å². The van der Waals surface area contributed by atoms with Gasteiger partial charge in [-0.05, 0) is 68.4 Å². The predicted octanol–water partition coefficient (Wildman–Crippen LogP) is 4.34. The minimum atomic E-state index is -0.499. The number of anilines is 1. The molecule has 1 aliphatic heterocycles. The summed E-state index contributed by atoms with van der Waals surface area (Å²) in [6.07, 6.45) is 4.05. The van der Waals surface area contributed by atoms with E-state index in [-0.39, 0.29) is 23.7 Å². The monoisotopic (exact) mass is 412 g/mol. The number of thioether (sulfide) groups is 1. The third-order valence-electron chi connectivity index (χ3n) is 5.04. The summed E-state index contributed by atoms with van der Waals surface area (Å²) in [5.41, 5.74) is 5.38. The van der Waals surface area contributed by atoms with Gasteiger partial charge < -0.3 is 10.6 Å². The first kappa shape index (κ1) is 21.3. The molecule has 1 heterocycles. The molecule has 0 saturated carbocycles. The Morgan fingerprint density at radius 3 is 2.66 bits per heavy atom. The van der Waals surface area contributed by atoms with E-state index < -0.39 is 5.25 Å². The van der Waals surface area contributed by atoms with Crippen molar-refractivity contribution in [2.75, 3.05) is 5.32 Å². The molecule has 29 heavy (non-hydrogen) atoms. The minimum absolute atomic E-state index is 0.0884. The molecule has 0 radical (unpaired) electrons. The number of nitrogens with one attached hydrogen (secondary N) is 2. The van der Waals surface area contributed by atoms with Gasteiger partial charge >= 0.3 is 0 Å². The molecule has 3 rings (SSSR count). The van der Waals surface area contributed by atoms with Gasteiger partial charge in [0.1, 0.15) is 5.25 Å². The minimum Gasteiger partial charge on any atom is -0.326 e. The lowest BCUT2D eigenvalue weighted by Gasteiger charge is -2.28. The number of carbonyl (C=O) groups is 2. The van der Waals surface area contributed by atoms with Crippen LogP contribution in [0.5, 0.6) is 0 Å². The first-order chi connectivity index (χ1) is 13.6. The molecule has 2 aliphatic rings. The zero-order valence-corrected chi connectivity index (χ0v) is 18.4. The van der Waals surface area contributed by atoms with Gasteiger partial charge in [-0.25, -0.2) is 0 Å². The standard InChI is InChI=1S/C22H28N4O2S/c1-13-8-17(12-22(4,5)11-13)25-26-21-24-20(28)18(29-21)10-19(27)23-16-7-6-14(2)15(3)9-16/h6-9,18H,10-12H2,1-5H3,(H,23,27)(H,24,26,28)/b25-17+. The Kier molecular flexibility index (Phi) is 6.27. The number of nitrogens with zero attached hydrogens (tertiary/aromatic N) is 2. The van der Waals surface area contributed by atoms with Crippen LogP contribution >= 0.6 is 11.8 Å². The van der Waals surface area contributed by atoms with Gasteiger partial charge in [-0.15, -0.1) is 5.10 Å². The number of benzene rings is 1. The van der Waals surface area contributed by atoms with Gasteiger partial charge in [0.2, 0.25) is 11.8 Å². The topological polar surface area (TPSA) is 82.9 Å². The maximum Gasteiger partial charge on any atom is 0.240 e. The maximum atomic E-state index is 12.4. The van der Waals surface area contributed by atoms with E-state index in [1.54, 1.807) is 0 Å². The maximum absolute atomic E-state index is 12.4. The fraction of sp³-hybridized carbons (Fsp3) is 0.455. The van der Waals surface area contributed by atoms with E-state index >= 15 is 0 Å². The van der Waals surface area contributed by atoms with Crippen LogP contribution in [0.4, 0.5) is 5.69 Å². The quantitative estimate of drug-likeness (QED) is 0.722. The number of carbonyl (C=O) groups excluding carboxylic acids is 2. The van der Waals surface area contributed by atoms with Crippen LogP contribution in [0.2, 0.25) is 0 Å². The van der Waals surface area contributed by atoms with Crippen LogP contribution in [0, 0.1) is 19.3 Å². The van der Waals surface area contributed by atoms with E-state index in [2.05, 4.69) is 47.7 Å². The normalized spacial score (nSPS) is 23.8. The number of allylic oxidation sites excluding steroid dienone is 2. The lowest BCUT2D eigenvalue weighted by atomic mass is 9.77. The summed E-state index contributed by atoms with van der Waals surface area (Å²) in [6.45, 7) is 10.5. The molecule has 0 spiro atoms. The van der Waals surface area contributed by atoms with E-state index in [4.69, 9.17) is 0 Å². The highest BCUT2D eigenvalue weighted by Gasteiger charge is 2.32. The summed E-state index contributed by atoms with van der Waals surface area (Å²) in [5, 5.41) is 14.1. The molecule has 1 unspecified atom stereocenters. The van der Waals surface area contributed by atoms with Gasteiger partial charge in [0.25, 0.3) is 0 Å². The van der Waals surface area contributed by atoms with Crippen LogP contribution in [0.15, 0.2) is 40.1 Å². The second kappa shape index (κ2) is 8.53. The average molecular weight is 413 g/mol. The summed E-state index contributed by atoms with van der Waals surface area (Å²) in [5.74, 6) is -0.402. The van der Waals surface area contributed by atoms with Gasteiger partial charge in [0.05, 0.1) is 5.71 Å². The largest absolute Gasteiger partial charge is 0.326 e. The number of rotatable bonds is 4. The highest BCUT2D eigenvalue weighted by Crippen LogP contribution is 2.34. The Morgan fingerprint density at radius 1 is 1.21 bits per heavy atom. The third kappa shape index (κ3) is 5.79. The van der Waals surface area contributed by atoms with Crippen molar-refractivity contribution in [3.05, 3.63) is 41.0 Å². The van der Waals surface area contributed by atoms with Gasteiger partial charge in [0, 0.05) is 12.1 Å². The van der Waals surface area contributed by atoms with E-state index in [1.165, 1.54) is 22.9 Å². The molecule has 2 amide bonds. The average Bonchev–Trinajstić information content (AvgIpc) is 2.94. The smallest absolute Gasteiger partial charge is 0.240 e. The van der Waals surface area contributed by atoms with Crippen molar-refractivity contribution in [1.29, 1.82) is 0 Å². The molecule has 1 saturated heterocycles. The molecule has 1 aromatic rings. The van der Waals surface area contributed by atoms with Crippen molar-refractivity contribution in [3.8, 4) is 0 Å². The SMILES string of the molecule is CC1=C/C(=N\N=C2\NC(=O)C(CC(=O)Nc3ccc(C)c(C)c3)S2)CC(C)(C)C1. The zero-order chi connectivity index (χ0) is 21.2. The molecule has 1 fully saturated rings. The van der Waals surface area contributed by atoms with Gasteiger partial charge in [-0.3, -0.25) is 9.59 Å². The Morgan fingerprint density at radius 2 is 1.97 bits per heavy atom. The first-order valence-electron chi connectivity index (χ1n) is 9.78. The van der Waals surface area contributed by atoms with Crippen molar-refractivity contribution in [2.24, 2.45) is 15.6 Å². The fourth-order valence-corrected chi connectivity index (χ4v) is 4.57. The second-order valence-electron chi connectivity index (χ2n) is 8.65. The number of hydrogen-bond donors (Lipinski definition) is 2. The summed E-state index contributed by atoms with van der Waals surface area (Å²) < 4.78 is 0. The molecular weight excluding hydrogens is 384 g/mol. The van der Waals surface area contributed by atoms with E-state index in [9.17, 15) is 9.59 Å². The number of amides is 2. The van der Waals surface area contributed by atoms with E-state index in [0.29, 0.717) is 5.17 Å². The molecule has 0 bridgehead atoms. The molecule has 1 aromatic carbocycles. The second-order valence-corrected chi connectivity index (χ2v) is 9.84. The number of aryl methyl sites for hydroxylation is 2. The molecule has 7 heteroatoms. The van der Waals surface area contributed by atoms with Crippen molar-refractivity contribution in [1.82, 2.24) is 5.32 Å². The Balaban J connectivity index is 1.60. The predicted molar refractivity (Wildman–Crippen MR) is 120 cm³/mol. The lowest BCUT2D eigenvalue weighted by Crippen LogP contribution is -2.28. The first-order valence-corrected chi connectivity index (χ1v) is 10.7. The van der Waals surface area contributed by atoms with Crippen molar-refractivity contribution < 1.29 is 9.59 Å². The fourth-order valence-electron chi connectivity index (χ4n) is 3.65. The molecular formula is C22H28N4O2S. The molecule has 0 aromatic heterocycles. The number of amidine groups is 1. The zero-order valence-electron chi connectivity index (χ0n) is 17.6. The third-order valence-corrected chi connectivity index (χ3v) is 6.11. The Bertz CT molecular complexity index is 931. The van der Waals surface area contributed by atoms with Gasteiger partial charge in [-0.1, -0.05) is 37.2 Å². The van der Waals surface area contributed by atoms with Crippen LogP contribution in [0.25, 0.3) is 0 Å². The highest BCUT2D eigenvalue weighted by atomic mass is 32.2. The van der Waals surface area contributed by atoms with Crippen LogP contribution in [-0.2, 0) is 9.59 Å². The summed E-state index contributed by atoms with van der Waals surface area (Å²) in [4.78, 5) is 24.6. The lowest BCUT2D eigenvalue weighted by molar-refractivity contribution is -0.122. The Hall–Kier alpha value is -2.41. The van der Waals surface area contributed by atoms with E-state index in [1.807, 2.05) is 32.0 Å². The summed E-state index contributed by atoms with van der Waals surface area (Å²) in [6, 6.07) is 5.76. The van der Waals surface area contributed by atoms with Crippen LogP contribution in [-0.4, -0.2) is 27.9 Å². The van der Waals surface area contributed by atoms with Gasteiger partial charge in [-0.2, -0.15) is 5.10 Å². The molecule has 154 valence electrons. The van der Waals surface area contributed by atoms with Crippen LogP contribution < -0.4 is 10.6 Å². The van der Waals surface area contributed by atoms with Crippen LogP contribution in [0.1, 0.15) is 51.2 Å². The Labute approximate surface area is 176 Å². The summed E-state index contributed by atoms with van der Waals surface area (Å²) in [7, 11) is 0. The van der Waals surface area contributed by atoms with Crippen molar-refractivity contribution >= 4 is 40.1 Å². The molecule has 1 atom stereocenters. The van der Waals surface area contributed by atoms with E-state index in [0.717, 1.165) is 29.8 Å². The highest BCUT2D eigenvalue weighted by molar-refractivity contribution is 8.15. The van der Waals surface area contributed by atoms with Gasteiger partial charge in [0.15, 0.2) is 5.17 Å². The van der Waals surface area contributed by atoms with Crippen molar-refractivity contribution in [2.45, 2.75) is 59.1 Å². The summed E-state index contributed by atoms with van der Waals surface area (Å²) >= 11 is 1.25.